The summed E-state index contributed by atoms with van der Waals surface area (Å²) in [4.78, 5) is 3.71. The van der Waals surface area contributed by atoms with Crippen molar-refractivity contribution < 1.29 is 18.9 Å². The van der Waals surface area contributed by atoms with Gasteiger partial charge in [0.15, 0.2) is 23.0 Å². The number of aromatic nitrogens is 1. The minimum atomic E-state index is -0.0145. The van der Waals surface area contributed by atoms with Gasteiger partial charge >= 0.3 is 0 Å². The first-order valence-corrected chi connectivity index (χ1v) is 12.1. The molecule has 0 amide bonds. The van der Waals surface area contributed by atoms with E-state index in [1.165, 1.54) is 10.9 Å². The third-order valence-corrected chi connectivity index (χ3v) is 6.73. The Kier molecular flexibility index (Phi) is 6.55. The molecule has 1 aliphatic heterocycles. The van der Waals surface area contributed by atoms with Crippen molar-refractivity contribution in [3.8, 4) is 23.0 Å². The summed E-state index contributed by atoms with van der Waals surface area (Å²) in [6.07, 6.45) is 0.947. The lowest BCUT2D eigenvalue weighted by Crippen LogP contribution is -2.34. The van der Waals surface area contributed by atoms with E-state index in [-0.39, 0.29) is 12.0 Å². The van der Waals surface area contributed by atoms with Crippen LogP contribution in [-0.4, -0.2) is 39.5 Å². The molecule has 0 unspecified atom stereocenters. The predicted octanol–water partition coefficient (Wildman–Crippen LogP) is 5.81. The van der Waals surface area contributed by atoms with Crippen LogP contribution < -0.4 is 24.3 Å². The molecule has 0 bridgehead atoms. The molecule has 0 aliphatic carbocycles. The van der Waals surface area contributed by atoms with Gasteiger partial charge in [-0.3, -0.25) is 0 Å². The summed E-state index contributed by atoms with van der Waals surface area (Å²) in [6, 6.07) is 20.8. The normalized spacial score (nSPS) is 17.1. The van der Waals surface area contributed by atoms with Crippen LogP contribution in [0, 0.1) is 0 Å². The standard InChI is InChI=1S/C29H32N2O4/c1-5-15-35-23-14-13-18(16-25(23)33-3)27-28-26(20-9-6-7-11-22(20)31-28)21(17-30-27)19-10-8-12-24(32-2)29(19)34-4/h6-14,16,21,27,30-31H,5,15,17H2,1-4H3/t21-,27+/m0/s1. The zero-order chi connectivity index (χ0) is 24.4. The molecule has 4 aromatic rings. The van der Waals surface area contributed by atoms with Crippen molar-refractivity contribution in [2.45, 2.75) is 25.3 Å². The topological polar surface area (TPSA) is 64.7 Å². The lowest BCUT2D eigenvalue weighted by Gasteiger charge is -2.32. The highest BCUT2D eigenvalue weighted by Crippen LogP contribution is 2.46. The Morgan fingerprint density at radius 2 is 1.69 bits per heavy atom. The van der Waals surface area contributed by atoms with Gasteiger partial charge in [-0.1, -0.05) is 43.3 Å². The second kappa shape index (κ2) is 9.92. The minimum Gasteiger partial charge on any atom is -0.493 e. The molecule has 5 rings (SSSR count). The van der Waals surface area contributed by atoms with Crippen molar-refractivity contribution in [3.05, 3.63) is 83.0 Å². The largest absolute Gasteiger partial charge is 0.493 e. The molecule has 0 spiro atoms. The van der Waals surface area contributed by atoms with E-state index in [1.807, 2.05) is 18.2 Å². The van der Waals surface area contributed by atoms with E-state index < -0.39 is 0 Å². The number of para-hydroxylation sites is 2. The van der Waals surface area contributed by atoms with Crippen molar-refractivity contribution in [2.24, 2.45) is 0 Å². The Bertz CT molecular complexity index is 1330. The first-order chi connectivity index (χ1) is 17.2. The van der Waals surface area contributed by atoms with Crippen LogP contribution in [0.2, 0.25) is 0 Å². The molecule has 6 nitrogen and oxygen atoms in total. The van der Waals surface area contributed by atoms with Crippen molar-refractivity contribution in [1.29, 1.82) is 0 Å². The van der Waals surface area contributed by atoms with Crippen LogP contribution in [0.1, 0.15) is 47.7 Å². The zero-order valence-electron chi connectivity index (χ0n) is 20.7. The number of hydrogen-bond donors (Lipinski definition) is 2. The van der Waals surface area contributed by atoms with Crippen LogP contribution in [0.3, 0.4) is 0 Å². The van der Waals surface area contributed by atoms with Gasteiger partial charge in [0.05, 0.1) is 34.0 Å². The first-order valence-electron chi connectivity index (χ1n) is 12.1. The SMILES string of the molecule is CCCOc1ccc([C@H]2NC[C@@H](c3cccc(OC)c3OC)c3c2[nH]c2ccccc32)cc1OC. The summed E-state index contributed by atoms with van der Waals surface area (Å²) in [5.41, 5.74) is 5.77. The summed E-state index contributed by atoms with van der Waals surface area (Å²) in [5.74, 6) is 3.12. The lowest BCUT2D eigenvalue weighted by atomic mass is 9.82. The fourth-order valence-electron chi connectivity index (χ4n) is 5.16. The molecule has 0 fully saturated rings. The molecule has 3 aromatic carbocycles. The number of rotatable bonds is 8. The van der Waals surface area contributed by atoms with E-state index in [0.717, 1.165) is 58.3 Å². The monoisotopic (exact) mass is 472 g/mol. The smallest absolute Gasteiger partial charge is 0.164 e. The molecule has 6 heteroatoms. The second-order valence-corrected chi connectivity index (χ2v) is 8.73. The van der Waals surface area contributed by atoms with Crippen LogP contribution in [0.4, 0.5) is 0 Å². The summed E-state index contributed by atoms with van der Waals surface area (Å²) < 4.78 is 23.0. The molecule has 35 heavy (non-hydrogen) atoms. The number of hydrogen-bond acceptors (Lipinski definition) is 5. The Balaban J connectivity index is 1.63. The molecule has 2 N–H and O–H groups in total. The molecule has 0 radical (unpaired) electrons. The van der Waals surface area contributed by atoms with Crippen molar-refractivity contribution in [1.82, 2.24) is 10.3 Å². The van der Waals surface area contributed by atoms with E-state index in [2.05, 4.69) is 59.7 Å². The van der Waals surface area contributed by atoms with E-state index in [0.29, 0.717) is 6.61 Å². The number of nitrogens with one attached hydrogen (secondary N) is 2. The Hall–Kier alpha value is -3.64. The fourth-order valence-corrected chi connectivity index (χ4v) is 5.16. The summed E-state index contributed by atoms with van der Waals surface area (Å²) >= 11 is 0. The maximum Gasteiger partial charge on any atom is 0.164 e. The quantitative estimate of drug-likeness (QED) is 0.339. The van der Waals surface area contributed by atoms with Crippen LogP contribution in [0.15, 0.2) is 60.7 Å². The van der Waals surface area contributed by atoms with E-state index >= 15 is 0 Å². The number of benzene rings is 3. The third kappa shape index (κ3) is 4.08. The molecule has 2 heterocycles. The van der Waals surface area contributed by atoms with Crippen molar-refractivity contribution >= 4 is 10.9 Å². The van der Waals surface area contributed by atoms with Crippen LogP contribution in [-0.2, 0) is 0 Å². The first kappa shape index (κ1) is 23.1. The Morgan fingerprint density at radius 3 is 2.46 bits per heavy atom. The van der Waals surface area contributed by atoms with Crippen molar-refractivity contribution in [3.63, 3.8) is 0 Å². The maximum atomic E-state index is 5.88. The van der Waals surface area contributed by atoms with E-state index in [4.69, 9.17) is 18.9 Å². The van der Waals surface area contributed by atoms with Gasteiger partial charge in [-0.25, -0.2) is 0 Å². The molecular weight excluding hydrogens is 440 g/mol. The maximum absolute atomic E-state index is 5.88. The second-order valence-electron chi connectivity index (χ2n) is 8.73. The fraction of sp³-hybridized carbons (Fsp3) is 0.310. The van der Waals surface area contributed by atoms with Crippen LogP contribution >= 0.6 is 0 Å². The summed E-state index contributed by atoms with van der Waals surface area (Å²) in [6.45, 7) is 3.50. The van der Waals surface area contributed by atoms with Gasteiger partial charge in [-0.2, -0.15) is 0 Å². The van der Waals surface area contributed by atoms with E-state index in [1.54, 1.807) is 21.3 Å². The van der Waals surface area contributed by atoms with Crippen molar-refractivity contribution in [2.75, 3.05) is 34.5 Å². The summed E-state index contributed by atoms with van der Waals surface area (Å²) in [7, 11) is 5.06. The average molecular weight is 473 g/mol. The molecule has 1 aliphatic rings. The zero-order valence-corrected chi connectivity index (χ0v) is 20.7. The Morgan fingerprint density at radius 1 is 0.857 bits per heavy atom. The number of ether oxygens (including phenoxy) is 4. The number of H-pyrrole nitrogens is 1. The highest BCUT2D eigenvalue weighted by molar-refractivity contribution is 5.87. The summed E-state index contributed by atoms with van der Waals surface area (Å²) in [5, 5.41) is 5.00. The number of aromatic amines is 1. The number of methoxy groups -OCH3 is 3. The average Bonchev–Trinajstić information content (AvgIpc) is 3.30. The van der Waals surface area contributed by atoms with Gasteiger partial charge < -0.3 is 29.2 Å². The molecule has 182 valence electrons. The third-order valence-electron chi connectivity index (χ3n) is 6.73. The molecule has 0 saturated carbocycles. The number of fused-ring (bicyclic) bond motifs is 3. The predicted molar refractivity (Wildman–Crippen MR) is 138 cm³/mol. The van der Waals surface area contributed by atoms with Gasteiger partial charge in [0, 0.05) is 34.6 Å². The van der Waals surface area contributed by atoms with Crippen LogP contribution in [0.25, 0.3) is 10.9 Å². The van der Waals surface area contributed by atoms with Gasteiger partial charge in [0.25, 0.3) is 0 Å². The molecule has 0 saturated heterocycles. The highest BCUT2D eigenvalue weighted by atomic mass is 16.5. The Labute approximate surface area is 206 Å². The van der Waals surface area contributed by atoms with Gasteiger partial charge in [-0.05, 0) is 41.8 Å². The van der Waals surface area contributed by atoms with Gasteiger partial charge in [-0.15, -0.1) is 0 Å². The van der Waals surface area contributed by atoms with Gasteiger partial charge in [0.1, 0.15) is 0 Å². The van der Waals surface area contributed by atoms with E-state index in [9.17, 15) is 0 Å². The molecular formula is C29H32N2O4. The highest BCUT2D eigenvalue weighted by Gasteiger charge is 2.34. The van der Waals surface area contributed by atoms with Crippen LogP contribution in [0.5, 0.6) is 23.0 Å². The minimum absolute atomic E-state index is 0.0145. The molecule has 1 aromatic heterocycles. The molecule has 2 atom stereocenters. The lowest BCUT2D eigenvalue weighted by molar-refractivity contribution is 0.294. The van der Waals surface area contributed by atoms with Gasteiger partial charge in [0.2, 0.25) is 0 Å².